The molecule has 1 saturated heterocycles. The minimum Gasteiger partial charge on any atom is -0.481 e. The normalized spacial score (nSPS) is 19.5. The van der Waals surface area contributed by atoms with E-state index in [0.29, 0.717) is 17.1 Å². The highest BCUT2D eigenvalue weighted by molar-refractivity contribution is 5.76. The second-order valence-electron chi connectivity index (χ2n) is 4.11. The number of ether oxygens (including phenoxy) is 3. The van der Waals surface area contributed by atoms with E-state index < -0.39 is 0 Å². The van der Waals surface area contributed by atoms with E-state index in [4.69, 9.17) is 14.2 Å². The van der Waals surface area contributed by atoms with Gasteiger partial charge in [0.2, 0.25) is 5.88 Å². The van der Waals surface area contributed by atoms with Crippen molar-refractivity contribution in [1.82, 2.24) is 4.98 Å². The molecule has 2 rings (SSSR count). The van der Waals surface area contributed by atoms with Crippen molar-refractivity contribution in [2.24, 2.45) is 0 Å². The Balaban J connectivity index is 2.00. The summed E-state index contributed by atoms with van der Waals surface area (Å²) in [5.41, 5.74) is 1.10. The molecular formula is C13H17NO4. The number of aldehydes is 1. The Kier molecular flexibility index (Phi) is 4.66. The van der Waals surface area contributed by atoms with Crippen LogP contribution in [0.1, 0.15) is 35.3 Å². The summed E-state index contributed by atoms with van der Waals surface area (Å²) in [7, 11) is 1.54. The van der Waals surface area contributed by atoms with Gasteiger partial charge in [-0.1, -0.05) is 0 Å². The number of pyridine rings is 1. The molecule has 0 bridgehead atoms. The van der Waals surface area contributed by atoms with Gasteiger partial charge in [-0.3, -0.25) is 4.79 Å². The minimum absolute atomic E-state index is 0.189. The number of nitrogens with zero attached hydrogens (tertiary/aromatic N) is 1. The lowest BCUT2D eigenvalue weighted by molar-refractivity contribution is -0.169. The Labute approximate surface area is 106 Å². The Hall–Kier alpha value is -1.46. The van der Waals surface area contributed by atoms with Crippen molar-refractivity contribution in [3.63, 3.8) is 0 Å². The second kappa shape index (κ2) is 6.47. The highest BCUT2D eigenvalue weighted by atomic mass is 16.7. The lowest BCUT2D eigenvalue weighted by Gasteiger charge is -2.22. The highest BCUT2D eigenvalue weighted by Crippen LogP contribution is 2.17. The summed E-state index contributed by atoms with van der Waals surface area (Å²) in [5.74, 6) is 0.476. The van der Waals surface area contributed by atoms with Crippen LogP contribution in [-0.4, -0.2) is 31.3 Å². The summed E-state index contributed by atoms with van der Waals surface area (Å²) in [6, 6.07) is 3.34. The van der Waals surface area contributed by atoms with Crippen molar-refractivity contribution in [3.05, 3.63) is 23.4 Å². The van der Waals surface area contributed by atoms with Gasteiger partial charge in [0.25, 0.3) is 0 Å². The summed E-state index contributed by atoms with van der Waals surface area (Å²) in [5, 5.41) is 0. The maximum absolute atomic E-state index is 10.9. The number of rotatable bonds is 5. The topological polar surface area (TPSA) is 57.7 Å². The molecule has 1 aromatic rings. The van der Waals surface area contributed by atoms with Gasteiger partial charge in [-0.15, -0.1) is 0 Å². The van der Waals surface area contributed by atoms with Crippen LogP contribution in [0.4, 0.5) is 0 Å². The lowest BCUT2D eigenvalue weighted by atomic mass is 10.2. The van der Waals surface area contributed by atoms with E-state index in [2.05, 4.69) is 4.98 Å². The van der Waals surface area contributed by atoms with Gasteiger partial charge in [-0.25, -0.2) is 4.98 Å². The van der Waals surface area contributed by atoms with Crippen molar-refractivity contribution in [3.8, 4) is 5.88 Å². The van der Waals surface area contributed by atoms with Gasteiger partial charge in [0, 0.05) is 18.2 Å². The second-order valence-corrected chi connectivity index (χ2v) is 4.11. The van der Waals surface area contributed by atoms with E-state index in [0.717, 1.165) is 32.2 Å². The zero-order valence-corrected chi connectivity index (χ0v) is 10.4. The average molecular weight is 251 g/mol. The molecule has 2 heterocycles. The number of carbonyl (C=O) groups excluding carboxylic acids is 1. The predicted octanol–water partition coefficient (Wildman–Crippen LogP) is 1.95. The fraction of sp³-hybridized carbons (Fsp3) is 0.538. The molecular weight excluding hydrogens is 234 g/mol. The fourth-order valence-electron chi connectivity index (χ4n) is 1.84. The number of methoxy groups -OCH3 is 1. The molecule has 1 aromatic heterocycles. The van der Waals surface area contributed by atoms with Gasteiger partial charge in [0.05, 0.1) is 19.4 Å². The fourth-order valence-corrected chi connectivity index (χ4v) is 1.84. The van der Waals surface area contributed by atoms with Crippen molar-refractivity contribution in [2.75, 3.05) is 13.7 Å². The molecule has 98 valence electrons. The van der Waals surface area contributed by atoms with E-state index in [1.807, 2.05) is 0 Å². The SMILES string of the molecule is COc1ccc(C=O)c(COC2CCCCO2)n1. The molecule has 5 heteroatoms. The van der Waals surface area contributed by atoms with Crippen LogP contribution in [0.15, 0.2) is 12.1 Å². The van der Waals surface area contributed by atoms with Crippen LogP contribution in [0.2, 0.25) is 0 Å². The van der Waals surface area contributed by atoms with Crippen LogP contribution in [0.25, 0.3) is 0 Å². The van der Waals surface area contributed by atoms with Gasteiger partial charge >= 0.3 is 0 Å². The third kappa shape index (κ3) is 3.27. The summed E-state index contributed by atoms with van der Waals surface area (Å²) < 4.78 is 16.1. The highest BCUT2D eigenvalue weighted by Gasteiger charge is 2.15. The Morgan fingerprint density at radius 2 is 2.39 bits per heavy atom. The van der Waals surface area contributed by atoms with Crippen LogP contribution in [0, 0.1) is 0 Å². The van der Waals surface area contributed by atoms with Crippen LogP contribution in [-0.2, 0) is 16.1 Å². The maximum atomic E-state index is 10.9. The molecule has 18 heavy (non-hydrogen) atoms. The minimum atomic E-state index is -0.189. The first-order valence-corrected chi connectivity index (χ1v) is 6.06. The van der Waals surface area contributed by atoms with Crippen molar-refractivity contribution in [1.29, 1.82) is 0 Å². The van der Waals surface area contributed by atoms with E-state index >= 15 is 0 Å². The summed E-state index contributed by atoms with van der Waals surface area (Å²) in [6.45, 7) is 0.993. The molecule has 5 nitrogen and oxygen atoms in total. The number of hydrogen-bond donors (Lipinski definition) is 0. The zero-order valence-electron chi connectivity index (χ0n) is 10.4. The summed E-state index contributed by atoms with van der Waals surface area (Å²) >= 11 is 0. The lowest BCUT2D eigenvalue weighted by Crippen LogP contribution is -2.22. The molecule has 1 atom stereocenters. The third-order valence-corrected chi connectivity index (χ3v) is 2.86. The number of aromatic nitrogens is 1. The smallest absolute Gasteiger partial charge is 0.213 e. The average Bonchev–Trinajstić information content (AvgIpc) is 2.45. The molecule has 0 aromatic carbocycles. The van der Waals surface area contributed by atoms with Gasteiger partial charge in [0.1, 0.15) is 0 Å². The monoisotopic (exact) mass is 251 g/mol. The van der Waals surface area contributed by atoms with Gasteiger partial charge in [0.15, 0.2) is 12.6 Å². The van der Waals surface area contributed by atoms with Crippen molar-refractivity contribution in [2.45, 2.75) is 32.2 Å². The van der Waals surface area contributed by atoms with Crippen LogP contribution < -0.4 is 4.74 Å². The Bertz CT molecular complexity index is 402. The summed E-state index contributed by atoms with van der Waals surface area (Å²) in [4.78, 5) is 15.1. The molecule has 1 unspecified atom stereocenters. The van der Waals surface area contributed by atoms with E-state index in [1.54, 1.807) is 12.1 Å². The van der Waals surface area contributed by atoms with Crippen LogP contribution in [0.5, 0.6) is 5.88 Å². The van der Waals surface area contributed by atoms with Gasteiger partial charge in [-0.2, -0.15) is 0 Å². The Morgan fingerprint density at radius 3 is 3.06 bits per heavy atom. The van der Waals surface area contributed by atoms with Crippen LogP contribution in [0.3, 0.4) is 0 Å². The van der Waals surface area contributed by atoms with E-state index in [9.17, 15) is 4.79 Å². The first-order chi connectivity index (χ1) is 8.83. The molecule has 0 saturated carbocycles. The van der Waals surface area contributed by atoms with E-state index in [1.165, 1.54) is 7.11 Å². The van der Waals surface area contributed by atoms with Crippen molar-refractivity contribution < 1.29 is 19.0 Å². The largest absolute Gasteiger partial charge is 0.481 e. The zero-order chi connectivity index (χ0) is 12.8. The third-order valence-electron chi connectivity index (χ3n) is 2.86. The van der Waals surface area contributed by atoms with Gasteiger partial charge in [-0.05, 0) is 25.3 Å². The maximum Gasteiger partial charge on any atom is 0.213 e. The van der Waals surface area contributed by atoms with Crippen molar-refractivity contribution >= 4 is 6.29 Å². The molecule has 0 spiro atoms. The predicted molar refractivity (Wildman–Crippen MR) is 64.6 cm³/mol. The quantitative estimate of drug-likeness (QED) is 0.748. The standard InChI is InChI=1S/C13H17NO4/c1-16-12-6-5-10(8-15)11(14-12)9-18-13-4-2-3-7-17-13/h5-6,8,13H,2-4,7,9H2,1H3. The van der Waals surface area contributed by atoms with Crippen LogP contribution >= 0.6 is 0 Å². The molecule has 1 fully saturated rings. The van der Waals surface area contributed by atoms with Gasteiger partial charge < -0.3 is 14.2 Å². The first-order valence-electron chi connectivity index (χ1n) is 6.06. The molecule has 1 aliphatic heterocycles. The molecule has 0 aliphatic carbocycles. The molecule has 0 amide bonds. The molecule has 0 N–H and O–H groups in total. The molecule has 1 aliphatic rings. The summed E-state index contributed by atoms with van der Waals surface area (Å²) in [6.07, 6.45) is 3.66. The first kappa shape index (κ1) is 13.0. The van der Waals surface area contributed by atoms with E-state index in [-0.39, 0.29) is 12.9 Å². The Morgan fingerprint density at radius 1 is 1.50 bits per heavy atom. The number of hydrogen-bond acceptors (Lipinski definition) is 5. The molecule has 0 radical (unpaired) electrons. The number of carbonyl (C=O) groups is 1.